The van der Waals surface area contributed by atoms with E-state index in [-0.39, 0.29) is 0 Å². The molecular weight excluding hydrogens is 855 g/mol. The molecule has 0 saturated heterocycles. The van der Waals surface area contributed by atoms with E-state index in [1.807, 2.05) is 0 Å². The SMILES string of the molecule is c1ccc(-c2ccc(-c3ccccc3)n2-c2ccc3c(-c4ccc5c6cccc7cccc(c8cccc4c85)c76)c4ccccc4c(-c4ccc5c6cccc7cccc(c8cccc4c85)c76)c3c2)cc1. The van der Waals surface area contributed by atoms with Crippen molar-refractivity contribution in [2.75, 3.05) is 0 Å². The maximum absolute atomic E-state index is 2.49. The summed E-state index contributed by atoms with van der Waals surface area (Å²) in [6.07, 6.45) is 0. The Kier molecular flexibility index (Phi) is 7.95. The third-order valence-corrected chi connectivity index (χ3v) is 15.9. The van der Waals surface area contributed by atoms with Crippen LogP contribution < -0.4 is 0 Å². The van der Waals surface area contributed by atoms with E-state index in [2.05, 4.69) is 253 Å². The van der Waals surface area contributed by atoms with Crippen LogP contribution in [-0.4, -0.2) is 4.57 Å². The lowest BCUT2D eigenvalue weighted by atomic mass is 9.81. The molecule has 1 heteroatoms. The molecule has 71 heavy (non-hydrogen) atoms. The Morgan fingerprint density at radius 3 is 1.01 bits per heavy atom. The molecule has 15 aromatic carbocycles. The monoisotopic (exact) mass is 895 g/mol. The summed E-state index contributed by atoms with van der Waals surface area (Å²) < 4.78 is 2.47. The fourth-order valence-electron chi connectivity index (χ4n) is 13.0. The van der Waals surface area contributed by atoms with Crippen LogP contribution in [0, 0.1) is 0 Å². The van der Waals surface area contributed by atoms with E-state index < -0.39 is 0 Å². The Hall–Kier alpha value is -9.30. The van der Waals surface area contributed by atoms with Crippen LogP contribution in [0.4, 0.5) is 0 Å². The molecule has 16 rings (SSSR count). The minimum Gasteiger partial charge on any atom is -0.309 e. The first-order valence-electron chi connectivity index (χ1n) is 24.8. The summed E-state index contributed by atoms with van der Waals surface area (Å²) in [6, 6.07) is 93.4. The first-order valence-corrected chi connectivity index (χ1v) is 24.8. The summed E-state index contributed by atoms with van der Waals surface area (Å²) >= 11 is 0. The highest BCUT2D eigenvalue weighted by atomic mass is 15.0. The summed E-state index contributed by atoms with van der Waals surface area (Å²) in [5, 5.41) is 25.7. The molecule has 0 radical (unpaired) electrons. The van der Waals surface area contributed by atoms with Crippen LogP contribution in [0.15, 0.2) is 249 Å². The molecule has 0 bridgehead atoms. The van der Waals surface area contributed by atoms with Gasteiger partial charge in [0.05, 0.1) is 11.4 Å². The van der Waals surface area contributed by atoms with Crippen molar-refractivity contribution in [1.29, 1.82) is 0 Å². The molecule has 1 heterocycles. The molecule has 0 amide bonds. The first kappa shape index (κ1) is 38.6. The van der Waals surface area contributed by atoms with E-state index >= 15 is 0 Å². The van der Waals surface area contributed by atoms with Crippen molar-refractivity contribution in [3.8, 4) is 50.5 Å². The standard InChI is InChI=1S/C70H41N/c1-3-15-42(16-4-1)63-39-40-64(43-17-5-2-6-18-43)71(63)46-33-34-61-62(41-46)70(60-38-36-58-50-28-12-22-45-20-10-26-48(66(45)50)54-30-14-32-56(60)68(54)58)52-24-8-7-23-51(52)69(61)59-37-35-57-49-27-11-21-44-19-9-25-47(65(44)49)53-29-13-31-55(59)67(53)57/h1-41H. The molecule has 0 fully saturated rings. The minimum atomic E-state index is 1.12. The Labute approximate surface area is 409 Å². The van der Waals surface area contributed by atoms with Gasteiger partial charge in [0.15, 0.2) is 0 Å². The summed E-state index contributed by atoms with van der Waals surface area (Å²) in [4.78, 5) is 0. The Morgan fingerprint density at radius 1 is 0.211 bits per heavy atom. The van der Waals surface area contributed by atoms with E-state index in [1.54, 1.807) is 0 Å². The van der Waals surface area contributed by atoms with Crippen molar-refractivity contribution in [3.63, 3.8) is 0 Å². The maximum atomic E-state index is 2.49. The number of aromatic nitrogens is 1. The summed E-state index contributed by atoms with van der Waals surface area (Å²) in [6.45, 7) is 0. The van der Waals surface area contributed by atoms with Gasteiger partial charge < -0.3 is 4.57 Å². The van der Waals surface area contributed by atoms with Gasteiger partial charge in [-0.05, 0) is 165 Å². The van der Waals surface area contributed by atoms with Gasteiger partial charge in [-0.25, -0.2) is 0 Å². The highest BCUT2D eigenvalue weighted by Crippen LogP contribution is 2.51. The fourth-order valence-corrected chi connectivity index (χ4v) is 13.0. The van der Waals surface area contributed by atoms with Crippen LogP contribution >= 0.6 is 0 Å². The zero-order valence-electron chi connectivity index (χ0n) is 38.6. The maximum Gasteiger partial charge on any atom is 0.0535 e. The molecule has 0 unspecified atom stereocenters. The average molecular weight is 896 g/mol. The van der Waals surface area contributed by atoms with E-state index in [4.69, 9.17) is 0 Å². The smallest absolute Gasteiger partial charge is 0.0535 e. The quantitative estimate of drug-likeness (QED) is 0.120. The highest BCUT2D eigenvalue weighted by molar-refractivity contribution is 6.37. The molecule has 0 saturated carbocycles. The number of rotatable bonds is 5. The van der Waals surface area contributed by atoms with Crippen molar-refractivity contribution >= 4 is 108 Å². The van der Waals surface area contributed by atoms with E-state index in [9.17, 15) is 0 Å². The van der Waals surface area contributed by atoms with E-state index in [0.29, 0.717) is 0 Å². The second kappa shape index (κ2) is 14.6. The van der Waals surface area contributed by atoms with Crippen LogP contribution in [0.25, 0.3) is 158 Å². The van der Waals surface area contributed by atoms with Gasteiger partial charge in [0.25, 0.3) is 0 Å². The minimum absolute atomic E-state index is 1.12. The van der Waals surface area contributed by atoms with Gasteiger partial charge in [-0.15, -0.1) is 0 Å². The fraction of sp³-hybridized carbons (Fsp3) is 0. The Bertz CT molecular complexity index is 4690. The molecule has 16 aromatic rings. The van der Waals surface area contributed by atoms with Crippen LogP contribution in [0.2, 0.25) is 0 Å². The van der Waals surface area contributed by atoms with Crippen LogP contribution in [-0.2, 0) is 0 Å². The summed E-state index contributed by atoms with van der Waals surface area (Å²) in [7, 11) is 0. The molecule has 326 valence electrons. The molecular formula is C70H41N. The third kappa shape index (κ3) is 5.35. The molecule has 0 aliphatic carbocycles. The van der Waals surface area contributed by atoms with E-state index in [1.165, 1.54) is 141 Å². The van der Waals surface area contributed by atoms with Crippen LogP contribution in [0.5, 0.6) is 0 Å². The topological polar surface area (TPSA) is 4.93 Å². The molecule has 0 spiro atoms. The van der Waals surface area contributed by atoms with Gasteiger partial charge in [-0.1, -0.05) is 224 Å². The second-order valence-electron chi connectivity index (χ2n) is 19.4. The lowest BCUT2D eigenvalue weighted by Gasteiger charge is -2.23. The lowest BCUT2D eigenvalue weighted by Crippen LogP contribution is -2.01. The van der Waals surface area contributed by atoms with Crippen molar-refractivity contribution in [1.82, 2.24) is 4.57 Å². The zero-order chi connectivity index (χ0) is 46.3. The lowest BCUT2D eigenvalue weighted by molar-refractivity contribution is 1.10. The van der Waals surface area contributed by atoms with Crippen molar-refractivity contribution in [2.24, 2.45) is 0 Å². The number of hydrogen-bond donors (Lipinski definition) is 0. The van der Waals surface area contributed by atoms with Gasteiger partial charge in [-0.2, -0.15) is 0 Å². The molecule has 1 aromatic heterocycles. The van der Waals surface area contributed by atoms with Gasteiger partial charge in [0, 0.05) is 5.69 Å². The van der Waals surface area contributed by atoms with Gasteiger partial charge in [-0.3, -0.25) is 0 Å². The molecule has 0 aliphatic heterocycles. The van der Waals surface area contributed by atoms with Gasteiger partial charge in [0.2, 0.25) is 0 Å². The largest absolute Gasteiger partial charge is 0.309 e. The zero-order valence-corrected chi connectivity index (χ0v) is 38.6. The van der Waals surface area contributed by atoms with E-state index in [0.717, 1.165) is 17.1 Å². The molecule has 0 aliphatic rings. The van der Waals surface area contributed by atoms with Crippen molar-refractivity contribution in [2.45, 2.75) is 0 Å². The molecule has 0 N–H and O–H groups in total. The summed E-state index contributed by atoms with van der Waals surface area (Å²) in [5.41, 5.74) is 10.8. The number of nitrogens with zero attached hydrogens (tertiary/aromatic N) is 1. The second-order valence-corrected chi connectivity index (χ2v) is 19.4. The Morgan fingerprint density at radius 2 is 0.549 bits per heavy atom. The van der Waals surface area contributed by atoms with Crippen LogP contribution in [0.3, 0.4) is 0 Å². The van der Waals surface area contributed by atoms with Crippen molar-refractivity contribution < 1.29 is 0 Å². The van der Waals surface area contributed by atoms with Gasteiger partial charge >= 0.3 is 0 Å². The predicted molar refractivity (Wildman–Crippen MR) is 305 cm³/mol. The molecule has 1 nitrogen and oxygen atoms in total. The van der Waals surface area contributed by atoms with Gasteiger partial charge in [0.1, 0.15) is 0 Å². The first-order chi connectivity index (χ1) is 35.3. The number of hydrogen-bond acceptors (Lipinski definition) is 0. The molecule has 0 atom stereocenters. The normalized spacial score (nSPS) is 12.2. The highest BCUT2D eigenvalue weighted by Gasteiger charge is 2.24. The number of benzene rings is 15. The Balaban J connectivity index is 1.06. The average Bonchev–Trinajstić information content (AvgIpc) is 3.89. The summed E-state index contributed by atoms with van der Waals surface area (Å²) in [5.74, 6) is 0. The predicted octanol–water partition coefficient (Wildman–Crippen LogP) is 19.6. The number of fused-ring (bicyclic) bond motifs is 6. The van der Waals surface area contributed by atoms with Crippen LogP contribution in [0.1, 0.15) is 0 Å². The third-order valence-electron chi connectivity index (χ3n) is 15.9. The van der Waals surface area contributed by atoms with Crippen molar-refractivity contribution in [3.05, 3.63) is 249 Å².